The molecule has 7 nitrogen and oxygen atoms in total. The van der Waals surface area contributed by atoms with E-state index in [2.05, 4.69) is 5.32 Å². The fourth-order valence-electron chi connectivity index (χ4n) is 2.53. The number of halogens is 1. The molecule has 2 aromatic carbocycles. The van der Waals surface area contributed by atoms with Crippen LogP contribution in [0.4, 0.5) is 5.69 Å². The topological polar surface area (TPSA) is 106 Å². The van der Waals surface area contributed by atoms with Gasteiger partial charge in [0.2, 0.25) is 0 Å². The lowest BCUT2D eigenvalue weighted by Crippen LogP contribution is -2.38. The van der Waals surface area contributed by atoms with Crippen LogP contribution in [-0.2, 0) is 5.60 Å². The van der Waals surface area contributed by atoms with Crippen LogP contribution in [0.5, 0.6) is 0 Å². The Kier molecular flexibility index (Phi) is 4.67. The van der Waals surface area contributed by atoms with E-state index in [0.717, 1.165) is 11.5 Å². The Morgan fingerprint density at radius 3 is 2.73 bits per heavy atom. The molecule has 134 valence electrons. The zero-order chi connectivity index (χ0) is 18.9. The lowest BCUT2D eigenvalue weighted by Gasteiger charge is -2.21. The Labute approximate surface area is 153 Å². The number of amides is 1. The molecule has 1 heterocycles. The highest BCUT2D eigenvalue weighted by Crippen LogP contribution is 2.28. The van der Waals surface area contributed by atoms with Crippen LogP contribution in [0.15, 0.2) is 52.9 Å². The second-order valence-corrected chi connectivity index (χ2v) is 6.46. The Morgan fingerprint density at radius 1 is 1.31 bits per heavy atom. The van der Waals surface area contributed by atoms with E-state index in [1.807, 2.05) is 18.2 Å². The van der Waals surface area contributed by atoms with Crippen LogP contribution in [0.25, 0.3) is 11.0 Å². The molecule has 8 heteroatoms. The van der Waals surface area contributed by atoms with Gasteiger partial charge in [0.15, 0.2) is 0 Å². The van der Waals surface area contributed by atoms with E-state index < -0.39 is 16.4 Å². The maximum absolute atomic E-state index is 12.4. The molecule has 0 aliphatic carbocycles. The second-order valence-electron chi connectivity index (χ2n) is 6.02. The first-order valence-electron chi connectivity index (χ1n) is 7.71. The number of carbonyl (C=O) groups excluding carboxylic acids is 1. The van der Waals surface area contributed by atoms with Crippen molar-refractivity contribution in [1.82, 2.24) is 5.32 Å². The van der Waals surface area contributed by atoms with Crippen LogP contribution in [-0.4, -0.2) is 22.5 Å². The molecule has 3 rings (SSSR count). The third-order valence-corrected chi connectivity index (χ3v) is 4.18. The van der Waals surface area contributed by atoms with Crippen LogP contribution >= 0.6 is 11.6 Å². The monoisotopic (exact) mass is 374 g/mol. The molecule has 0 fully saturated rings. The highest BCUT2D eigenvalue weighted by atomic mass is 35.5. The molecule has 1 aromatic heterocycles. The van der Waals surface area contributed by atoms with Gasteiger partial charge < -0.3 is 14.8 Å². The minimum absolute atomic E-state index is 0.178. The zero-order valence-corrected chi connectivity index (χ0v) is 14.5. The average Bonchev–Trinajstić information content (AvgIpc) is 3.04. The van der Waals surface area contributed by atoms with Crippen molar-refractivity contribution in [3.63, 3.8) is 0 Å². The number of para-hydroxylation sites is 1. The summed E-state index contributed by atoms with van der Waals surface area (Å²) in [6.45, 7) is 1.28. The molecule has 1 unspecified atom stereocenters. The first-order chi connectivity index (χ1) is 12.3. The summed E-state index contributed by atoms with van der Waals surface area (Å²) in [5.74, 6) is -0.435. The summed E-state index contributed by atoms with van der Waals surface area (Å²) in [6, 6.07) is 12.7. The molecule has 1 amide bonds. The minimum Gasteiger partial charge on any atom is -0.458 e. The third kappa shape index (κ3) is 3.54. The van der Waals surface area contributed by atoms with Gasteiger partial charge in [-0.1, -0.05) is 29.8 Å². The van der Waals surface area contributed by atoms with Gasteiger partial charge in [0, 0.05) is 16.5 Å². The van der Waals surface area contributed by atoms with Crippen molar-refractivity contribution < 1.29 is 19.2 Å². The van der Waals surface area contributed by atoms with Crippen molar-refractivity contribution in [2.24, 2.45) is 0 Å². The fourth-order valence-corrected chi connectivity index (χ4v) is 2.70. The highest BCUT2D eigenvalue weighted by molar-refractivity contribution is 6.31. The van der Waals surface area contributed by atoms with Gasteiger partial charge in [-0.25, -0.2) is 0 Å². The normalized spacial score (nSPS) is 13.3. The summed E-state index contributed by atoms with van der Waals surface area (Å²) in [7, 11) is 0. The molecular weight excluding hydrogens is 360 g/mol. The number of hydrogen-bond donors (Lipinski definition) is 2. The van der Waals surface area contributed by atoms with E-state index in [4.69, 9.17) is 16.0 Å². The number of hydrogen-bond acceptors (Lipinski definition) is 5. The van der Waals surface area contributed by atoms with E-state index in [1.165, 1.54) is 19.1 Å². The van der Waals surface area contributed by atoms with Crippen LogP contribution in [0.2, 0.25) is 5.02 Å². The summed E-state index contributed by atoms with van der Waals surface area (Å²) in [4.78, 5) is 22.8. The van der Waals surface area contributed by atoms with Crippen molar-refractivity contribution >= 4 is 34.2 Å². The quantitative estimate of drug-likeness (QED) is 0.524. The van der Waals surface area contributed by atoms with Gasteiger partial charge in [0.1, 0.15) is 22.5 Å². The smallest absolute Gasteiger partial charge is 0.282 e. The number of nitrogens with one attached hydrogen (secondary N) is 1. The van der Waals surface area contributed by atoms with Crippen molar-refractivity contribution in [3.8, 4) is 0 Å². The summed E-state index contributed by atoms with van der Waals surface area (Å²) in [6.07, 6.45) is 0. The number of carbonyl (C=O) groups is 1. The van der Waals surface area contributed by atoms with Crippen LogP contribution in [0.1, 0.15) is 23.0 Å². The molecular formula is C18H15ClN2O5. The first kappa shape index (κ1) is 17.9. The maximum Gasteiger partial charge on any atom is 0.282 e. The van der Waals surface area contributed by atoms with E-state index >= 15 is 0 Å². The molecule has 3 aromatic rings. The Bertz CT molecular complexity index is 963. The van der Waals surface area contributed by atoms with Crippen LogP contribution in [0.3, 0.4) is 0 Å². The van der Waals surface area contributed by atoms with E-state index in [9.17, 15) is 20.0 Å². The van der Waals surface area contributed by atoms with Crippen molar-refractivity contribution in [3.05, 3.63) is 75.0 Å². The number of fused-ring (bicyclic) bond motifs is 1. The molecule has 26 heavy (non-hydrogen) atoms. The van der Waals surface area contributed by atoms with Gasteiger partial charge >= 0.3 is 0 Å². The largest absolute Gasteiger partial charge is 0.458 e. The van der Waals surface area contributed by atoms with E-state index in [-0.39, 0.29) is 28.6 Å². The van der Waals surface area contributed by atoms with Crippen LogP contribution in [0, 0.1) is 10.1 Å². The predicted octanol–water partition coefficient (Wildman–Crippen LogP) is 3.63. The predicted molar refractivity (Wildman–Crippen MR) is 96.2 cm³/mol. The summed E-state index contributed by atoms with van der Waals surface area (Å²) in [5, 5.41) is 25.2. The molecule has 2 N–H and O–H groups in total. The highest BCUT2D eigenvalue weighted by Gasteiger charge is 2.29. The van der Waals surface area contributed by atoms with E-state index in [0.29, 0.717) is 5.58 Å². The average molecular weight is 375 g/mol. The first-order valence-corrected chi connectivity index (χ1v) is 8.09. The lowest BCUT2D eigenvalue weighted by molar-refractivity contribution is -0.385. The number of nitro benzene ring substituents is 1. The van der Waals surface area contributed by atoms with Crippen molar-refractivity contribution in [2.45, 2.75) is 12.5 Å². The van der Waals surface area contributed by atoms with Gasteiger partial charge in [-0.15, -0.1) is 0 Å². The Morgan fingerprint density at radius 2 is 2.04 bits per heavy atom. The molecule has 0 spiro atoms. The Balaban J connectivity index is 1.80. The number of nitrogens with zero attached hydrogens (tertiary/aromatic N) is 1. The van der Waals surface area contributed by atoms with Gasteiger partial charge in [0.05, 0.1) is 11.5 Å². The summed E-state index contributed by atoms with van der Waals surface area (Å²) < 4.78 is 5.62. The SMILES string of the molecule is CC(O)(CNC(=O)c1cc(Cl)ccc1[N+](=O)[O-])c1cc2ccccc2o1. The van der Waals surface area contributed by atoms with Crippen LogP contribution < -0.4 is 5.32 Å². The molecule has 0 aliphatic heterocycles. The number of rotatable bonds is 5. The maximum atomic E-state index is 12.4. The lowest BCUT2D eigenvalue weighted by atomic mass is 10.0. The summed E-state index contributed by atoms with van der Waals surface area (Å²) >= 11 is 5.83. The van der Waals surface area contributed by atoms with Gasteiger partial charge in [-0.3, -0.25) is 14.9 Å². The number of nitro groups is 1. The van der Waals surface area contributed by atoms with Crippen molar-refractivity contribution in [2.75, 3.05) is 6.54 Å². The number of aliphatic hydroxyl groups is 1. The number of furan rings is 1. The van der Waals surface area contributed by atoms with Crippen molar-refractivity contribution in [1.29, 1.82) is 0 Å². The molecule has 1 atom stereocenters. The summed E-state index contributed by atoms with van der Waals surface area (Å²) in [5.41, 5.74) is -1.43. The van der Waals surface area contributed by atoms with Gasteiger partial charge in [-0.2, -0.15) is 0 Å². The zero-order valence-electron chi connectivity index (χ0n) is 13.7. The van der Waals surface area contributed by atoms with E-state index in [1.54, 1.807) is 12.1 Å². The molecule has 0 aliphatic rings. The second kappa shape index (κ2) is 6.78. The fraction of sp³-hybridized carbons (Fsp3) is 0.167. The standard InChI is InChI=1S/C18H15ClN2O5/c1-18(23,16-8-11-4-2-3-5-15(11)26-16)10-20-17(22)13-9-12(19)6-7-14(13)21(24)25/h2-9,23H,10H2,1H3,(H,20,22). The molecule has 0 saturated heterocycles. The Hall–Kier alpha value is -2.90. The molecule has 0 saturated carbocycles. The van der Waals surface area contributed by atoms with Gasteiger partial charge in [0.25, 0.3) is 11.6 Å². The number of benzene rings is 2. The van der Waals surface area contributed by atoms with Gasteiger partial charge in [-0.05, 0) is 31.2 Å². The minimum atomic E-state index is -1.50. The molecule has 0 radical (unpaired) electrons. The molecule has 0 bridgehead atoms. The third-order valence-electron chi connectivity index (χ3n) is 3.95.